The standard InChI is InChI=1S/C13H19N3O3/c1-3-19-10-7-9(14)11(10)16-12(17)8-5-4-6-15-13(8)18-2/h4-6,9-11H,3,7,14H2,1-2H3,(H,16,17). The average Bonchev–Trinajstić information content (AvgIpc) is 2.44. The molecule has 1 fully saturated rings. The molecular formula is C13H19N3O3. The Morgan fingerprint density at radius 1 is 1.63 bits per heavy atom. The third-order valence-corrected chi connectivity index (χ3v) is 3.25. The summed E-state index contributed by atoms with van der Waals surface area (Å²) in [6.45, 7) is 2.53. The minimum atomic E-state index is -0.241. The molecule has 1 aliphatic carbocycles. The fraction of sp³-hybridized carbons (Fsp3) is 0.538. The Hall–Kier alpha value is -1.66. The van der Waals surface area contributed by atoms with Crippen LogP contribution in [0.5, 0.6) is 5.88 Å². The van der Waals surface area contributed by atoms with Crippen LogP contribution >= 0.6 is 0 Å². The molecule has 19 heavy (non-hydrogen) atoms. The Morgan fingerprint density at radius 3 is 3.05 bits per heavy atom. The summed E-state index contributed by atoms with van der Waals surface area (Å²) in [6.07, 6.45) is 2.34. The lowest BCUT2D eigenvalue weighted by Gasteiger charge is -2.42. The van der Waals surface area contributed by atoms with E-state index < -0.39 is 0 Å². The van der Waals surface area contributed by atoms with Gasteiger partial charge in [0.05, 0.1) is 19.3 Å². The fourth-order valence-corrected chi connectivity index (χ4v) is 2.18. The van der Waals surface area contributed by atoms with Crippen LogP contribution in [-0.4, -0.2) is 42.8 Å². The van der Waals surface area contributed by atoms with Crippen LogP contribution in [-0.2, 0) is 4.74 Å². The summed E-state index contributed by atoms with van der Waals surface area (Å²) in [4.78, 5) is 16.2. The lowest BCUT2D eigenvalue weighted by Crippen LogP contribution is -2.64. The van der Waals surface area contributed by atoms with Crippen LogP contribution in [0.3, 0.4) is 0 Å². The van der Waals surface area contributed by atoms with Gasteiger partial charge < -0.3 is 20.5 Å². The first-order valence-corrected chi connectivity index (χ1v) is 6.34. The molecule has 6 heteroatoms. The van der Waals surface area contributed by atoms with Crippen molar-refractivity contribution in [2.24, 2.45) is 5.73 Å². The lowest BCUT2D eigenvalue weighted by atomic mass is 9.83. The summed E-state index contributed by atoms with van der Waals surface area (Å²) in [5.41, 5.74) is 6.30. The van der Waals surface area contributed by atoms with E-state index >= 15 is 0 Å². The van der Waals surface area contributed by atoms with Crippen LogP contribution in [0.2, 0.25) is 0 Å². The van der Waals surface area contributed by atoms with Crippen molar-refractivity contribution in [3.63, 3.8) is 0 Å². The molecule has 1 aliphatic rings. The monoisotopic (exact) mass is 265 g/mol. The number of nitrogens with zero attached hydrogens (tertiary/aromatic N) is 1. The summed E-state index contributed by atoms with van der Waals surface area (Å²) >= 11 is 0. The van der Waals surface area contributed by atoms with E-state index in [-0.39, 0.29) is 24.1 Å². The van der Waals surface area contributed by atoms with Crippen LogP contribution in [0.25, 0.3) is 0 Å². The molecule has 1 aromatic rings. The Bertz CT molecular complexity index is 451. The first kappa shape index (κ1) is 13.8. The van der Waals surface area contributed by atoms with Crippen molar-refractivity contribution in [2.75, 3.05) is 13.7 Å². The van der Waals surface area contributed by atoms with Crippen molar-refractivity contribution in [2.45, 2.75) is 31.5 Å². The predicted octanol–water partition coefficient (Wildman–Crippen LogP) is 0.325. The molecule has 1 heterocycles. The molecule has 0 spiro atoms. The molecule has 6 nitrogen and oxygen atoms in total. The highest BCUT2D eigenvalue weighted by atomic mass is 16.5. The van der Waals surface area contributed by atoms with E-state index in [4.69, 9.17) is 15.2 Å². The highest BCUT2D eigenvalue weighted by molar-refractivity contribution is 5.96. The van der Waals surface area contributed by atoms with Crippen molar-refractivity contribution < 1.29 is 14.3 Å². The van der Waals surface area contributed by atoms with Gasteiger partial charge in [0, 0.05) is 18.8 Å². The third kappa shape index (κ3) is 2.85. The van der Waals surface area contributed by atoms with Crippen LogP contribution in [0.15, 0.2) is 18.3 Å². The number of pyridine rings is 1. The maximum atomic E-state index is 12.2. The highest BCUT2D eigenvalue weighted by Crippen LogP contribution is 2.23. The van der Waals surface area contributed by atoms with Crippen molar-refractivity contribution in [1.29, 1.82) is 0 Å². The number of hydrogen-bond donors (Lipinski definition) is 2. The summed E-state index contributed by atoms with van der Waals surface area (Å²) in [7, 11) is 1.48. The Labute approximate surface area is 112 Å². The average molecular weight is 265 g/mol. The summed E-state index contributed by atoms with van der Waals surface area (Å²) in [5, 5.41) is 2.88. The van der Waals surface area contributed by atoms with Crippen molar-refractivity contribution in [1.82, 2.24) is 10.3 Å². The predicted molar refractivity (Wildman–Crippen MR) is 70.0 cm³/mol. The smallest absolute Gasteiger partial charge is 0.257 e. The van der Waals surface area contributed by atoms with Crippen LogP contribution in [0.1, 0.15) is 23.7 Å². The van der Waals surface area contributed by atoms with E-state index in [1.54, 1.807) is 18.3 Å². The van der Waals surface area contributed by atoms with Gasteiger partial charge in [0.1, 0.15) is 5.56 Å². The number of methoxy groups -OCH3 is 1. The van der Waals surface area contributed by atoms with Crippen LogP contribution < -0.4 is 15.8 Å². The molecule has 0 saturated heterocycles. The molecule has 0 radical (unpaired) electrons. The molecule has 1 saturated carbocycles. The number of carbonyl (C=O) groups excluding carboxylic acids is 1. The van der Waals surface area contributed by atoms with Gasteiger partial charge in [0.2, 0.25) is 5.88 Å². The first-order chi connectivity index (χ1) is 9.17. The van der Waals surface area contributed by atoms with E-state index in [0.29, 0.717) is 18.1 Å². The number of ether oxygens (including phenoxy) is 2. The number of rotatable bonds is 5. The lowest BCUT2D eigenvalue weighted by molar-refractivity contribution is -0.0300. The van der Waals surface area contributed by atoms with Crippen molar-refractivity contribution in [3.05, 3.63) is 23.9 Å². The van der Waals surface area contributed by atoms with Crippen molar-refractivity contribution in [3.8, 4) is 5.88 Å². The van der Waals surface area contributed by atoms with Gasteiger partial charge in [-0.2, -0.15) is 0 Å². The van der Waals surface area contributed by atoms with E-state index in [1.165, 1.54) is 7.11 Å². The Kier molecular flexibility index (Phi) is 4.34. The maximum Gasteiger partial charge on any atom is 0.257 e. The molecule has 3 atom stereocenters. The molecule has 0 aliphatic heterocycles. The molecule has 104 valence electrons. The zero-order chi connectivity index (χ0) is 13.8. The first-order valence-electron chi connectivity index (χ1n) is 6.34. The molecule has 0 aromatic carbocycles. The van der Waals surface area contributed by atoms with Crippen molar-refractivity contribution >= 4 is 5.91 Å². The van der Waals surface area contributed by atoms with Gasteiger partial charge in [-0.15, -0.1) is 0 Å². The number of carbonyl (C=O) groups is 1. The molecule has 3 N–H and O–H groups in total. The normalized spacial score (nSPS) is 25.5. The number of hydrogen-bond acceptors (Lipinski definition) is 5. The maximum absolute atomic E-state index is 12.2. The Balaban J connectivity index is 2.04. The minimum absolute atomic E-state index is 0.00776. The van der Waals surface area contributed by atoms with Gasteiger partial charge in [-0.1, -0.05) is 0 Å². The van der Waals surface area contributed by atoms with E-state index in [1.807, 2.05) is 6.92 Å². The molecule has 3 unspecified atom stereocenters. The summed E-state index contributed by atoms with van der Waals surface area (Å²) in [5.74, 6) is 0.0654. The zero-order valence-electron chi connectivity index (χ0n) is 11.1. The Morgan fingerprint density at radius 2 is 2.42 bits per heavy atom. The molecule has 1 aromatic heterocycles. The summed E-state index contributed by atoms with van der Waals surface area (Å²) in [6, 6.07) is 3.14. The highest BCUT2D eigenvalue weighted by Gasteiger charge is 2.40. The minimum Gasteiger partial charge on any atom is -0.480 e. The van der Waals surface area contributed by atoms with E-state index in [2.05, 4.69) is 10.3 Å². The number of aromatic nitrogens is 1. The van der Waals surface area contributed by atoms with Gasteiger partial charge >= 0.3 is 0 Å². The zero-order valence-corrected chi connectivity index (χ0v) is 11.1. The van der Waals surface area contributed by atoms with E-state index in [9.17, 15) is 4.79 Å². The molecule has 1 amide bonds. The topological polar surface area (TPSA) is 86.5 Å². The number of amides is 1. The SMILES string of the molecule is CCOC1CC(N)C1NC(=O)c1cccnc1OC. The third-order valence-electron chi connectivity index (χ3n) is 3.25. The molecule has 2 rings (SSSR count). The van der Waals surface area contributed by atoms with E-state index in [0.717, 1.165) is 6.42 Å². The van der Waals surface area contributed by atoms with Crippen LogP contribution in [0.4, 0.5) is 0 Å². The number of nitrogens with one attached hydrogen (secondary N) is 1. The van der Waals surface area contributed by atoms with Gasteiger partial charge in [-0.05, 0) is 25.5 Å². The van der Waals surface area contributed by atoms with Gasteiger partial charge in [-0.25, -0.2) is 4.98 Å². The number of nitrogens with two attached hydrogens (primary N) is 1. The van der Waals surface area contributed by atoms with Gasteiger partial charge in [-0.3, -0.25) is 4.79 Å². The second-order valence-corrected chi connectivity index (χ2v) is 4.45. The second kappa shape index (κ2) is 5.99. The second-order valence-electron chi connectivity index (χ2n) is 4.45. The molecule has 0 bridgehead atoms. The van der Waals surface area contributed by atoms with Gasteiger partial charge in [0.25, 0.3) is 5.91 Å². The van der Waals surface area contributed by atoms with Crippen LogP contribution in [0, 0.1) is 0 Å². The largest absolute Gasteiger partial charge is 0.480 e. The molecular weight excluding hydrogens is 246 g/mol. The van der Waals surface area contributed by atoms with Gasteiger partial charge in [0.15, 0.2) is 0 Å². The fourth-order valence-electron chi connectivity index (χ4n) is 2.18. The summed E-state index contributed by atoms with van der Waals surface area (Å²) < 4.78 is 10.6. The quantitative estimate of drug-likeness (QED) is 0.801.